The molecule has 1 aromatic heterocycles. The van der Waals surface area contributed by atoms with Crippen molar-refractivity contribution in [1.29, 1.82) is 0 Å². The molecule has 1 heterocycles. The number of hydrogen-bond acceptors (Lipinski definition) is 4. The topological polar surface area (TPSA) is 94.1 Å². The summed E-state index contributed by atoms with van der Waals surface area (Å²) in [6.45, 7) is 2.10. The van der Waals surface area contributed by atoms with Crippen molar-refractivity contribution < 1.29 is 9.53 Å². The summed E-state index contributed by atoms with van der Waals surface area (Å²) in [5, 5.41) is 0.775. The number of benzene rings is 1. The van der Waals surface area contributed by atoms with Crippen LogP contribution in [0, 0.1) is 0 Å². The molecule has 5 heteroatoms. The van der Waals surface area contributed by atoms with E-state index in [-0.39, 0.29) is 0 Å². The van der Waals surface area contributed by atoms with Gasteiger partial charge in [-0.3, -0.25) is 0 Å². The molecule has 1 aromatic carbocycles. The first kappa shape index (κ1) is 10.4. The highest BCUT2D eigenvalue weighted by Gasteiger charge is 2.11. The Morgan fingerprint density at radius 2 is 2.12 bits per heavy atom. The Hall–Kier alpha value is -2.17. The molecule has 0 fully saturated rings. The Balaban J connectivity index is 2.51. The van der Waals surface area contributed by atoms with E-state index in [1.165, 1.54) is 0 Å². The van der Waals surface area contributed by atoms with E-state index in [4.69, 9.17) is 16.2 Å². The van der Waals surface area contributed by atoms with E-state index in [9.17, 15) is 4.79 Å². The van der Waals surface area contributed by atoms with Gasteiger partial charge in [-0.1, -0.05) is 0 Å². The van der Waals surface area contributed by atoms with Gasteiger partial charge in [-0.15, -0.1) is 0 Å². The van der Waals surface area contributed by atoms with Gasteiger partial charge in [-0.25, -0.2) is 4.79 Å². The van der Waals surface area contributed by atoms with Crippen LogP contribution < -0.4 is 11.5 Å². The fourth-order valence-corrected chi connectivity index (χ4v) is 1.61. The molecule has 0 radical (unpaired) electrons. The number of nitrogens with two attached hydrogens (primary N) is 2. The number of aromatic amines is 1. The normalized spacial score (nSPS) is 10.6. The summed E-state index contributed by atoms with van der Waals surface area (Å²) in [7, 11) is 0. The lowest BCUT2D eigenvalue weighted by Crippen LogP contribution is -2.04. The molecule has 0 saturated carbocycles. The maximum Gasteiger partial charge on any atom is 0.354 e. The second-order valence-electron chi connectivity index (χ2n) is 3.47. The summed E-state index contributed by atoms with van der Waals surface area (Å²) in [5.74, 6) is -0.392. The summed E-state index contributed by atoms with van der Waals surface area (Å²) < 4.78 is 4.89. The number of esters is 1. The van der Waals surface area contributed by atoms with Crippen LogP contribution in [0.15, 0.2) is 18.2 Å². The monoisotopic (exact) mass is 219 g/mol. The first-order valence-corrected chi connectivity index (χ1v) is 4.96. The largest absolute Gasteiger partial charge is 0.461 e. The third-order valence-electron chi connectivity index (χ3n) is 2.29. The molecule has 16 heavy (non-hydrogen) atoms. The number of nitrogen functional groups attached to an aromatic ring is 2. The van der Waals surface area contributed by atoms with Crippen LogP contribution in [0.25, 0.3) is 10.9 Å². The van der Waals surface area contributed by atoms with E-state index in [2.05, 4.69) is 4.98 Å². The molecule has 0 amide bonds. The average molecular weight is 219 g/mol. The van der Waals surface area contributed by atoms with Crippen LogP contribution in [0.1, 0.15) is 17.4 Å². The number of rotatable bonds is 2. The molecular formula is C11H13N3O2. The minimum absolute atomic E-state index is 0.339. The number of anilines is 2. The molecule has 0 spiro atoms. The van der Waals surface area contributed by atoms with Gasteiger partial charge in [0, 0.05) is 16.8 Å². The van der Waals surface area contributed by atoms with Crippen LogP contribution in [0.3, 0.4) is 0 Å². The Labute approximate surface area is 92.4 Å². The number of fused-ring (bicyclic) bond motifs is 1. The lowest BCUT2D eigenvalue weighted by molar-refractivity contribution is 0.0520. The van der Waals surface area contributed by atoms with Crippen molar-refractivity contribution in [2.45, 2.75) is 6.92 Å². The summed E-state index contributed by atoms with van der Waals surface area (Å²) in [4.78, 5) is 14.4. The minimum Gasteiger partial charge on any atom is -0.461 e. The number of carbonyl (C=O) groups is 1. The fourth-order valence-electron chi connectivity index (χ4n) is 1.61. The van der Waals surface area contributed by atoms with Gasteiger partial charge in [0.05, 0.1) is 12.1 Å². The van der Waals surface area contributed by atoms with Gasteiger partial charge >= 0.3 is 5.97 Å². The molecule has 84 valence electrons. The molecule has 0 aliphatic carbocycles. The minimum atomic E-state index is -0.392. The second-order valence-corrected chi connectivity index (χ2v) is 3.47. The Morgan fingerprint density at radius 1 is 1.38 bits per heavy atom. The summed E-state index contributed by atoms with van der Waals surface area (Å²) in [5.41, 5.74) is 13.7. The molecule has 0 unspecified atom stereocenters. The molecule has 5 nitrogen and oxygen atoms in total. The molecule has 5 N–H and O–H groups in total. The van der Waals surface area contributed by atoms with Crippen LogP contribution in [0.4, 0.5) is 11.4 Å². The van der Waals surface area contributed by atoms with E-state index >= 15 is 0 Å². The van der Waals surface area contributed by atoms with E-state index in [0.29, 0.717) is 23.7 Å². The Bertz CT molecular complexity index is 545. The van der Waals surface area contributed by atoms with Gasteiger partial charge in [0.2, 0.25) is 0 Å². The number of H-pyrrole nitrogens is 1. The van der Waals surface area contributed by atoms with Gasteiger partial charge < -0.3 is 21.2 Å². The van der Waals surface area contributed by atoms with Crippen molar-refractivity contribution in [3.8, 4) is 0 Å². The third-order valence-corrected chi connectivity index (χ3v) is 2.29. The zero-order valence-electron chi connectivity index (χ0n) is 8.91. The highest BCUT2D eigenvalue weighted by atomic mass is 16.5. The van der Waals surface area contributed by atoms with Crippen LogP contribution in [0.5, 0.6) is 0 Å². The van der Waals surface area contributed by atoms with Crippen molar-refractivity contribution in [1.82, 2.24) is 4.98 Å². The average Bonchev–Trinajstić information content (AvgIpc) is 2.62. The first-order valence-electron chi connectivity index (χ1n) is 4.96. The lowest BCUT2D eigenvalue weighted by atomic mass is 10.2. The summed E-state index contributed by atoms with van der Waals surface area (Å²) >= 11 is 0. The molecular weight excluding hydrogens is 206 g/mol. The van der Waals surface area contributed by atoms with Crippen molar-refractivity contribution in [3.05, 3.63) is 23.9 Å². The van der Waals surface area contributed by atoms with Gasteiger partial charge in [-0.05, 0) is 25.1 Å². The number of aromatic nitrogens is 1. The van der Waals surface area contributed by atoms with E-state index in [1.807, 2.05) is 0 Å². The predicted molar refractivity (Wildman–Crippen MR) is 63.1 cm³/mol. The van der Waals surface area contributed by atoms with Gasteiger partial charge in [0.25, 0.3) is 0 Å². The van der Waals surface area contributed by atoms with Crippen molar-refractivity contribution in [2.75, 3.05) is 18.1 Å². The molecule has 0 bridgehead atoms. The first-order chi connectivity index (χ1) is 7.61. The highest BCUT2D eigenvalue weighted by Crippen LogP contribution is 2.25. The van der Waals surface area contributed by atoms with E-state index < -0.39 is 5.97 Å². The number of hydrogen-bond donors (Lipinski definition) is 3. The Morgan fingerprint density at radius 3 is 2.81 bits per heavy atom. The maximum atomic E-state index is 11.5. The molecule has 2 rings (SSSR count). The quantitative estimate of drug-likeness (QED) is 0.527. The Kier molecular flexibility index (Phi) is 2.44. The van der Waals surface area contributed by atoms with Gasteiger partial charge in [0.1, 0.15) is 5.69 Å². The SMILES string of the molecule is CCOC(=O)c1cc2c(N)cc(N)cc2[nH]1. The van der Waals surface area contributed by atoms with E-state index in [0.717, 1.165) is 10.9 Å². The zero-order chi connectivity index (χ0) is 11.7. The summed E-state index contributed by atoms with van der Waals surface area (Å²) in [6, 6.07) is 5.06. The summed E-state index contributed by atoms with van der Waals surface area (Å²) in [6.07, 6.45) is 0. The fraction of sp³-hybridized carbons (Fsp3) is 0.182. The molecule has 0 atom stereocenters. The van der Waals surface area contributed by atoms with Crippen molar-refractivity contribution in [3.63, 3.8) is 0 Å². The smallest absolute Gasteiger partial charge is 0.354 e. The van der Waals surface area contributed by atoms with Gasteiger partial charge in [0.15, 0.2) is 0 Å². The number of ether oxygens (including phenoxy) is 1. The number of carbonyl (C=O) groups excluding carboxylic acids is 1. The van der Waals surface area contributed by atoms with Crippen LogP contribution in [-0.4, -0.2) is 17.6 Å². The van der Waals surface area contributed by atoms with Crippen LogP contribution in [0.2, 0.25) is 0 Å². The number of nitrogens with one attached hydrogen (secondary N) is 1. The molecule has 0 saturated heterocycles. The third kappa shape index (κ3) is 1.67. The van der Waals surface area contributed by atoms with Crippen LogP contribution in [-0.2, 0) is 4.74 Å². The molecule has 2 aromatic rings. The standard InChI is InChI=1S/C11H13N3O2/c1-2-16-11(15)10-5-7-8(13)3-6(12)4-9(7)14-10/h3-5,14H,2,12-13H2,1H3. The zero-order valence-corrected chi connectivity index (χ0v) is 8.91. The molecule has 0 aliphatic heterocycles. The van der Waals surface area contributed by atoms with Crippen molar-refractivity contribution >= 4 is 28.2 Å². The second kappa shape index (κ2) is 3.77. The van der Waals surface area contributed by atoms with Gasteiger partial charge in [-0.2, -0.15) is 0 Å². The molecule has 0 aliphatic rings. The highest BCUT2D eigenvalue weighted by molar-refractivity contribution is 6.00. The van der Waals surface area contributed by atoms with E-state index in [1.54, 1.807) is 25.1 Å². The predicted octanol–water partition coefficient (Wildman–Crippen LogP) is 1.51. The van der Waals surface area contributed by atoms with Crippen molar-refractivity contribution in [2.24, 2.45) is 0 Å². The van der Waals surface area contributed by atoms with Crippen LogP contribution >= 0.6 is 0 Å². The maximum absolute atomic E-state index is 11.5. The lowest BCUT2D eigenvalue weighted by Gasteiger charge is -1.97.